The Kier molecular flexibility index (Phi) is 11.4. The van der Waals surface area contributed by atoms with Crippen molar-refractivity contribution in [2.75, 3.05) is 0 Å². The monoisotopic (exact) mass is 179 g/mol. The number of hydrogen-bond acceptors (Lipinski definition) is 2. The van der Waals surface area contributed by atoms with Gasteiger partial charge in [0.1, 0.15) is 5.76 Å². The molecule has 0 aromatic rings. The maximum atomic E-state index is 8.13. The lowest BCUT2D eigenvalue weighted by atomic mass is 10.2. The fourth-order valence-electron chi connectivity index (χ4n) is 0.656. The molecule has 13 heavy (non-hydrogen) atoms. The van der Waals surface area contributed by atoms with Crippen LogP contribution in [0.3, 0.4) is 0 Å². The Hall–Kier alpha value is -1.49. The Balaban J connectivity index is 0. The second kappa shape index (κ2) is 10.5. The standard InChI is InChI=1S/C9H11NO.C2H6/c1-4-5-8(2)6-9(3)11-7-10;1-2/h4-6H,1H2,2-3H3;1-2H3/b8-5-,9-6+;. The van der Waals surface area contributed by atoms with E-state index in [1.807, 2.05) is 26.8 Å². The molecule has 0 atom stereocenters. The van der Waals surface area contributed by atoms with Gasteiger partial charge in [-0.1, -0.05) is 32.6 Å². The molecule has 0 aliphatic heterocycles. The summed E-state index contributed by atoms with van der Waals surface area (Å²) in [7, 11) is 0. The van der Waals surface area contributed by atoms with Crippen LogP contribution < -0.4 is 0 Å². The van der Waals surface area contributed by atoms with Crippen molar-refractivity contribution in [2.24, 2.45) is 0 Å². The van der Waals surface area contributed by atoms with E-state index in [0.717, 1.165) is 5.57 Å². The van der Waals surface area contributed by atoms with Gasteiger partial charge in [0.2, 0.25) is 0 Å². The molecule has 2 nitrogen and oxygen atoms in total. The third-order valence-corrected chi connectivity index (χ3v) is 1.02. The quantitative estimate of drug-likeness (QED) is 0.377. The molecule has 0 bridgehead atoms. The SMILES string of the molecule is C=C/C=C(C)\C=C(/C)OC#N.CC. The van der Waals surface area contributed by atoms with Crippen LogP contribution in [0.1, 0.15) is 27.7 Å². The van der Waals surface area contributed by atoms with Crippen LogP contribution in [0.4, 0.5) is 0 Å². The van der Waals surface area contributed by atoms with Gasteiger partial charge in [0.05, 0.1) is 0 Å². The van der Waals surface area contributed by atoms with Gasteiger partial charge < -0.3 is 4.74 Å². The smallest absolute Gasteiger partial charge is 0.291 e. The van der Waals surface area contributed by atoms with Crippen LogP contribution in [-0.4, -0.2) is 0 Å². The van der Waals surface area contributed by atoms with Crippen molar-refractivity contribution in [1.82, 2.24) is 0 Å². The summed E-state index contributed by atoms with van der Waals surface area (Å²) in [6.45, 7) is 11.2. The molecule has 0 heterocycles. The van der Waals surface area contributed by atoms with Crippen LogP contribution in [0.5, 0.6) is 0 Å². The number of hydrogen-bond donors (Lipinski definition) is 0. The maximum absolute atomic E-state index is 8.13. The van der Waals surface area contributed by atoms with E-state index < -0.39 is 0 Å². The van der Waals surface area contributed by atoms with Gasteiger partial charge >= 0.3 is 0 Å². The Bertz CT molecular complexity index is 231. The molecular weight excluding hydrogens is 162 g/mol. The predicted molar refractivity (Wildman–Crippen MR) is 55.8 cm³/mol. The molecule has 0 N–H and O–H groups in total. The molecule has 0 aromatic heterocycles. The summed E-state index contributed by atoms with van der Waals surface area (Å²) < 4.78 is 4.55. The number of allylic oxidation sites excluding steroid dienone is 5. The molecule has 0 saturated carbocycles. The zero-order valence-corrected chi connectivity index (χ0v) is 8.79. The normalized spacial score (nSPS) is 10.7. The van der Waals surface area contributed by atoms with Gasteiger partial charge in [-0.3, -0.25) is 0 Å². The van der Waals surface area contributed by atoms with Gasteiger partial charge in [-0.15, -0.1) is 5.26 Å². The Labute approximate surface area is 80.8 Å². The fraction of sp³-hybridized carbons (Fsp3) is 0.364. The van der Waals surface area contributed by atoms with Crippen molar-refractivity contribution in [3.05, 3.63) is 36.1 Å². The number of rotatable bonds is 3. The molecule has 0 aliphatic carbocycles. The van der Waals surface area contributed by atoms with Crippen molar-refractivity contribution in [3.63, 3.8) is 0 Å². The van der Waals surface area contributed by atoms with Crippen LogP contribution >= 0.6 is 0 Å². The van der Waals surface area contributed by atoms with E-state index in [1.165, 1.54) is 0 Å². The molecule has 72 valence electrons. The highest BCUT2D eigenvalue weighted by molar-refractivity contribution is 5.22. The summed E-state index contributed by atoms with van der Waals surface area (Å²) in [4.78, 5) is 0. The molecule has 0 amide bonds. The largest absolute Gasteiger partial charge is 0.393 e. The molecule has 0 saturated heterocycles. The van der Waals surface area contributed by atoms with Crippen LogP contribution in [-0.2, 0) is 4.74 Å². The van der Waals surface area contributed by atoms with Crippen LogP contribution in [0, 0.1) is 11.5 Å². The highest BCUT2D eigenvalue weighted by Gasteiger charge is 1.87. The van der Waals surface area contributed by atoms with Crippen LogP contribution in [0.15, 0.2) is 36.1 Å². The van der Waals surface area contributed by atoms with Gasteiger partial charge in [-0.2, -0.15) is 0 Å². The molecular formula is C11H17NO. The van der Waals surface area contributed by atoms with Gasteiger partial charge in [0, 0.05) is 0 Å². The minimum atomic E-state index is 0.586. The lowest BCUT2D eigenvalue weighted by molar-refractivity contribution is 0.377. The number of nitrogens with zero attached hydrogens (tertiary/aromatic N) is 1. The molecule has 0 spiro atoms. The Morgan fingerprint density at radius 3 is 2.31 bits per heavy atom. The van der Waals surface area contributed by atoms with Crippen LogP contribution in [0.25, 0.3) is 0 Å². The van der Waals surface area contributed by atoms with E-state index >= 15 is 0 Å². The molecule has 2 heteroatoms. The summed E-state index contributed by atoms with van der Waals surface area (Å²) >= 11 is 0. The molecule has 0 unspecified atom stereocenters. The van der Waals surface area contributed by atoms with Gasteiger partial charge in [-0.25, -0.2) is 0 Å². The van der Waals surface area contributed by atoms with E-state index in [2.05, 4.69) is 11.3 Å². The summed E-state index contributed by atoms with van der Waals surface area (Å²) in [5, 5.41) is 8.13. The highest BCUT2D eigenvalue weighted by Crippen LogP contribution is 2.01. The number of ether oxygens (including phenoxy) is 1. The Morgan fingerprint density at radius 1 is 1.38 bits per heavy atom. The first-order valence-corrected chi connectivity index (χ1v) is 4.24. The average molecular weight is 179 g/mol. The van der Waals surface area contributed by atoms with Gasteiger partial charge in [-0.05, 0) is 25.5 Å². The number of nitriles is 1. The van der Waals surface area contributed by atoms with E-state index in [4.69, 9.17) is 5.26 Å². The minimum Gasteiger partial charge on any atom is -0.393 e. The van der Waals surface area contributed by atoms with E-state index in [9.17, 15) is 0 Å². The van der Waals surface area contributed by atoms with Crippen LogP contribution in [0.2, 0.25) is 0 Å². The van der Waals surface area contributed by atoms with Crippen molar-refractivity contribution in [1.29, 1.82) is 5.26 Å². The van der Waals surface area contributed by atoms with Crippen molar-refractivity contribution in [2.45, 2.75) is 27.7 Å². The van der Waals surface area contributed by atoms with Crippen molar-refractivity contribution in [3.8, 4) is 6.26 Å². The molecule has 0 radical (unpaired) electrons. The van der Waals surface area contributed by atoms with E-state index in [-0.39, 0.29) is 0 Å². The van der Waals surface area contributed by atoms with Gasteiger partial charge in [0.25, 0.3) is 6.26 Å². The maximum Gasteiger partial charge on any atom is 0.291 e. The van der Waals surface area contributed by atoms with E-state index in [0.29, 0.717) is 5.76 Å². The topological polar surface area (TPSA) is 33.0 Å². The lowest BCUT2D eigenvalue weighted by Gasteiger charge is -1.93. The lowest BCUT2D eigenvalue weighted by Crippen LogP contribution is -1.78. The first-order valence-electron chi connectivity index (χ1n) is 4.24. The second-order valence-electron chi connectivity index (χ2n) is 2.09. The predicted octanol–water partition coefficient (Wildman–Crippen LogP) is 3.55. The highest BCUT2D eigenvalue weighted by atomic mass is 16.5. The zero-order valence-electron chi connectivity index (χ0n) is 8.79. The summed E-state index contributed by atoms with van der Waals surface area (Å²) in [5.74, 6) is 0.586. The molecule has 0 aliphatic rings. The molecule has 0 aromatic carbocycles. The average Bonchev–Trinajstić information content (AvgIpc) is 2.08. The third kappa shape index (κ3) is 10.5. The summed E-state index contributed by atoms with van der Waals surface area (Å²) in [6, 6.07) is 0. The fourth-order valence-corrected chi connectivity index (χ4v) is 0.656. The minimum absolute atomic E-state index is 0.586. The summed E-state index contributed by atoms with van der Waals surface area (Å²) in [6.07, 6.45) is 6.89. The van der Waals surface area contributed by atoms with Crippen molar-refractivity contribution < 1.29 is 4.74 Å². The van der Waals surface area contributed by atoms with Gasteiger partial charge in [0.15, 0.2) is 0 Å². The van der Waals surface area contributed by atoms with Crippen molar-refractivity contribution >= 4 is 0 Å². The second-order valence-corrected chi connectivity index (χ2v) is 2.09. The zero-order chi connectivity index (χ0) is 10.7. The first kappa shape index (κ1) is 14.1. The van der Waals surface area contributed by atoms with E-state index in [1.54, 1.807) is 25.3 Å². The molecule has 0 rings (SSSR count). The Morgan fingerprint density at radius 2 is 1.92 bits per heavy atom. The third-order valence-electron chi connectivity index (χ3n) is 1.02. The first-order chi connectivity index (χ1) is 6.20. The molecule has 0 fully saturated rings. The summed E-state index contributed by atoms with van der Waals surface area (Å²) in [5.41, 5.74) is 1.01.